The van der Waals surface area contributed by atoms with Crippen molar-refractivity contribution in [1.29, 1.82) is 0 Å². The smallest absolute Gasteiger partial charge is 0.252 e. The van der Waals surface area contributed by atoms with Crippen molar-refractivity contribution in [3.05, 3.63) is 16.0 Å². The van der Waals surface area contributed by atoms with Crippen LogP contribution in [0, 0.1) is 6.92 Å². The molecule has 4 nitrogen and oxygen atoms in total. The predicted molar refractivity (Wildman–Crippen MR) is 84.1 cm³/mol. The Balaban J connectivity index is 2.25. The van der Waals surface area contributed by atoms with E-state index in [0.29, 0.717) is 15.1 Å². The lowest BCUT2D eigenvalue weighted by atomic mass is 10.0. The van der Waals surface area contributed by atoms with Gasteiger partial charge in [0.1, 0.15) is 4.21 Å². The molecule has 0 aliphatic carbocycles. The van der Waals surface area contributed by atoms with Crippen LogP contribution in [0.5, 0.6) is 0 Å². The Bertz CT molecular complexity index is 537. The molecule has 1 aliphatic rings. The minimum Gasteiger partial charge on any atom is -0.320 e. The summed E-state index contributed by atoms with van der Waals surface area (Å²) in [5.74, 6) is 0. The van der Waals surface area contributed by atoms with Gasteiger partial charge in [-0.2, -0.15) is 4.31 Å². The molecule has 2 heterocycles. The third-order valence-corrected chi connectivity index (χ3v) is 7.65. The van der Waals surface area contributed by atoms with Crippen molar-refractivity contribution in [3.63, 3.8) is 0 Å². The van der Waals surface area contributed by atoms with Gasteiger partial charge < -0.3 is 5.32 Å². The van der Waals surface area contributed by atoms with Gasteiger partial charge in [-0.05, 0) is 51.4 Å². The van der Waals surface area contributed by atoms with E-state index in [2.05, 4.69) is 5.32 Å². The lowest BCUT2D eigenvalue weighted by Crippen LogP contribution is -2.44. The van der Waals surface area contributed by atoms with Crippen LogP contribution >= 0.6 is 22.9 Å². The molecule has 1 atom stereocenters. The lowest BCUT2D eigenvalue weighted by Gasteiger charge is -2.34. The van der Waals surface area contributed by atoms with Gasteiger partial charge in [-0.25, -0.2) is 8.42 Å². The van der Waals surface area contributed by atoms with E-state index in [1.807, 2.05) is 14.0 Å². The molecule has 1 saturated heterocycles. The van der Waals surface area contributed by atoms with E-state index in [0.717, 1.165) is 49.1 Å². The number of hydrogen-bond donors (Lipinski definition) is 1. The van der Waals surface area contributed by atoms with E-state index in [1.165, 1.54) is 0 Å². The van der Waals surface area contributed by atoms with E-state index >= 15 is 0 Å². The van der Waals surface area contributed by atoms with Gasteiger partial charge in [0.05, 0.1) is 4.34 Å². The molecule has 1 fully saturated rings. The van der Waals surface area contributed by atoms with Crippen molar-refractivity contribution >= 4 is 33.0 Å². The molecule has 20 heavy (non-hydrogen) atoms. The number of piperidine rings is 1. The maximum atomic E-state index is 12.8. The molecule has 1 aromatic rings. The van der Waals surface area contributed by atoms with E-state index in [-0.39, 0.29) is 6.04 Å². The summed E-state index contributed by atoms with van der Waals surface area (Å²) in [5, 5.41) is 3.10. The van der Waals surface area contributed by atoms with Gasteiger partial charge in [-0.1, -0.05) is 18.0 Å². The molecule has 0 spiro atoms. The van der Waals surface area contributed by atoms with Crippen LogP contribution < -0.4 is 5.32 Å². The van der Waals surface area contributed by atoms with E-state index in [4.69, 9.17) is 11.6 Å². The van der Waals surface area contributed by atoms with Crippen molar-refractivity contribution in [2.45, 2.75) is 42.9 Å². The summed E-state index contributed by atoms with van der Waals surface area (Å²) in [6.07, 6.45) is 3.84. The standard InChI is InChI=1S/C13H21ClN2O2S2/c1-10-9-12(19-13(10)14)20(17,18)16-8-4-3-5-11(16)6-7-15-2/h9,11,15H,3-8H2,1-2H3. The van der Waals surface area contributed by atoms with E-state index in [9.17, 15) is 8.42 Å². The molecule has 7 heteroatoms. The molecule has 0 aromatic carbocycles. The topological polar surface area (TPSA) is 49.4 Å². The molecule has 0 bridgehead atoms. The van der Waals surface area contributed by atoms with E-state index in [1.54, 1.807) is 10.4 Å². The van der Waals surface area contributed by atoms with Crippen LogP contribution in [0.4, 0.5) is 0 Å². The van der Waals surface area contributed by atoms with Crippen molar-refractivity contribution in [2.24, 2.45) is 0 Å². The second kappa shape index (κ2) is 6.75. The number of aryl methyl sites for hydroxylation is 1. The summed E-state index contributed by atoms with van der Waals surface area (Å²) in [5.41, 5.74) is 0.832. The maximum absolute atomic E-state index is 12.8. The SMILES string of the molecule is CNCCC1CCCCN1S(=O)(=O)c1cc(C)c(Cl)s1. The molecule has 1 unspecified atom stereocenters. The minimum atomic E-state index is -3.40. The highest BCUT2D eigenvalue weighted by molar-refractivity contribution is 7.91. The quantitative estimate of drug-likeness (QED) is 0.899. The molecule has 1 aliphatic heterocycles. The van der Waals surface area contributed by atoms with Crippen LogP contribution in [-0.2, 0) is 10.0 Å². The van der Waals surface area contributed by atoms with Gasteiger partial charge in [0.25, 0.3) is 10.0 Å². The third kappa shape index (κ3) is 3.36. The first-order valence-corrected chi connectivity index (χ1v) is 9.52. The zero-order chi connectivity index (χ0) is 14.8. The van der Waals surface area contributed by atoms with Crippen molar-refractivity contribution in [3.8, 4) is 0 Å². The number of sulfonamides is 1. The Morgan fingerprint density at radius 1 is 1.50 bits per heavy atom. The Morgan fingerprint density at radius 2 is 2.25 bits per heavy atom. The molecule has 0 saturated carbocycles. The third-order valence-electron chi connectivity index (χ3n) is 3.70. The Labute approximate surface area is 130 Å². The van der Waals surface area contributed by atoms with Crippen LogP contribution in [-0.4, -0.2) is 38.9 Å². The van der Waals surface area contributed by atoms with Crippen LogP contribution in [0.15, 0.2) is 10.3 Å². The highest BCUT2D eigenvalue weighted by Crippen LogP contribution is 2.34. The second-order valence-electron chi connectivity index (χ2n) is 5.18. The molecule has 2 rings (SSSR count). The number of nitrogens with one attached hydrogen (secondary N) is 1. The Morgan fingerprint density at radius 3 is 2.85 bits per heavy atom. The lowest BCUT2D eigenvalue weighted by molar-refractivity contribution is 0.241. The fourth-order valence-corrected chi connectivity index (χ4v) is 6.13. The average Bonchev–Trinajstić information content (AvgIpc) is 2.77. The van der Waals surface area contributed by atoms with Crippen LogP contribution in [0.1, 0.15) is 31.2 Å². The normalized spacial score (nSPS) is 21.2. The number of hydrogen-bond acceptors (Lipinski definition) is 4. The van der Waals surface area contributed by atoms with Gasteiger partial charge in [0.15, 0.2) is 0 Å². The monoisotopic (exact) mass is 336 g/mol. The predicted octanol–water partition coefficient (Wildman–Crippen LogP) is 2.86. The van der Waals surface area contributed by atoms with Crippen molar-refractivity contribution in [2.75, 3.05) is 20.1 Å². The first-order chi connectivity index (χ1) is 9.46. The molecular weight excluding hydrogens is 316 g/mol. The number of rotatable bonds is 5. The fraction of sp³-hybridized carbons (Fsp3) is 0.692. The summed E-state index contributed by atoms with van der Waals surface area (Å²) >= 11 is 7.18. The Hall–Kier alpha value is -0.140. The summed E-state index contributed by atoms with van der Waals surface area (Å²) in [6, 6.07) is 1.79. The second-order valence-corrected chi connectivity index (χ2v) is 8.95. The van der Waals surface area contributed by atoms with Gasteiger partial charge in [0.2, 0.25) is 0 Å². The van der Waals surface area contributed by atoms with Gasteiger partial charge in [0, 0.05) is 12.6 Å². The average molecular weight is 337 g/mol. The van der Waals surface area contributed by atoms with Gasteiger partial charge in [-0.15, -0.1) is 11.3 Å². The Kier molecular flexibility index (Phi) is 5.48. The zero-order valence-electron chi connectivity index (χ0n) is 11.9. The maximum Gasteiger partial charge on any atom is 0.252 e. The fourth-order valence-electron chi connectivity index (χ4n) is 2.56. The highest BCUT2D eigenvalue weighted by atomic mass is 35.5. The molecule has 0 radical (unpaired) electrons. The van der Waals surface area contributed by atoms with Crippen molar-refractivity contribution in [1.82, 2.24) is 9.62 Å². The largest absolute Gasteiger partial charge is 0.320 e. The summed E-state index contributed by atoms with van der Waals surface area (Å²) in [4.78, 5) is 0. The molecule has 114 valence electrons. The number of nitrogens with zero attached hydrogens (tertiary/aromatic N) is 1. The highest BCUT2D eigenvalue weighted by Gasteiger charge is 2.34. The number of thiophene rings is 1. The first kappa shape index (κ1) is 16.2. The van der Waals surface area contributed by atoms with E-state index < -0.39 is 10.0 Å². The van der Waals surface area contributed by atoms with Crippen LogP contribution in [0.2, 0.25) is 4.34 Å². The van der Waals surface area contributed by atoms with Crippen LogP contribution in [0.25, 0.3) is 0 Å². The van der Waals surface area contributed by atoms with Gasteiger partial charge in [-0.3, -0.25) is 0 Å². The minimum absolute atomic E-state index is 0.0994. The summed E-state index contributed by atoms with van der Waals surface area (Å²) < 4.78 is 28.2. The molecule has 1 aromatic heterocycles. The summed E-state index contributed by atoms with van der Waals surface area (Å²) in [6.45, 7) is 3.29. The van der Waals surface area contributed by atoms with Gasteiger partial charge >= 0.3 is 0 Å². The zero-order valence-corrected chi connectivity index (χ0v) is 14.2. The van der Waals surface area contributed by atoms with Crippen molar-refractivity contribution < 1.29 is 8.42 Å². The van der Waals surface area contributed by atoms with Crippen LogP contribution in [0.3, 0.4) is 0 Å². The molecule has 1 N–H and O–H groups in total. The number of halogens is 1. The summed E-state index contributed by atoms with van der Waals surface area (Å²) in [7, 11) is -1.51. The first-order valence-electron chi connectivity index (χ1n) is 6.89. The molecule has 0 amide bonds. The molecular formula is C13H21ClN2O2S2.